The van der Waals surface area contributed by atoms with Crippen molar-refractivity contribution in [2.45, 2.75) is 38.3 Å². The summed E-state index contributed by atoms with van der Waals surface area (Å²) in [6.45, 7) is 4.05. The van der Waals surface area contributed by atoms with Crippen LogP contribution in [0.2, 0.25) is 0 Å². The number of aliphatic carboxylic acids is 1. The van der Waals surface area contributed by atoms with E-state index >= 15 is 0 Å². The van der Waals surface area contributed by atoms with Crippen LogP contribution in [0.1, 0.15) is 26.7 Å². The van der Waals surface area contributed by atoms with Crippen molar-refractivity contribution < 1.29 is 24.2 Å². The molecular formula is C11H19NO5. The number of ether oxygens (including phenoxy) is 2. The lowest BCUT2D eigenvalue weighted by Gasteiger charge is -2.24. The van der Waals surface area contributed by atoms with E-state index in [1.165, 1.54) is 0 Å². The fraction of sp³-hybridized carbons (Fsp3) is 0.818. The molecule has 6 heteroatoms. The maximum atomic E-state index is 11.6. The quantitative estimate of drug-likeness (QED) is 0.696. The minimum Gasteiger partial charge on any atom is -0.479 e. The summed E-state index contributed by atoms with van der Waals surface area (Å²) >= 11 is 0. The molecule has 2 atom stereocenters. The number of rotatable bonds is 6. The Kier molecular flexibility index (Phi) is 4.89. The summed E-state index contributed by atoms with van der Waals surface area (Å²) in [5.74, 6) is -1.48. The van der Waals surface area contributed by atoms with Gasteiger partial charge in [-0.15, -0.1) is 0 Å². The molecule has 6 nitrogen and oxygen atoms in total. The fourth-order valence-corrected chi connectivity index (χ4v) is 1.52. The molecule has 1 aliphatic rings. The topological polar surface area (TPSA) is 84.9 Å². The molecule has 0 aromatic rings. The van der Waals surface area contributed by atoms with E-state index in [2.05, 4.69) is 5.32 Å². The van der Waals surface area contributed by atoms with Crippen molar-refractivity contribution in [3.8, 4) is 0 Å². The van der Waals surface area contributed by atoms with Gasteiger partial charge in [-0.3, -0.25) is 4.79 Å². The molecule has 0 radical (unpaired) electrons. The van der Waals surface area contributed by atoms with Crippen LogP contribution in [-0.2, 0) is 19.1 Å². The van der Waals surface area contributed by atoms with Gasteiger partial charge in [0.15, 0.2) is 5.54 Å². The molecule has 2 unspecified atom stereocenters. The third-order valence-electron chi connectivity index (χ3n) is 2.88. The van der Waals surface area contributed by atoms with Gasteiger partial charge in [0, 0.05) is 13.0 Å². The number of hydrogen-bond acceptors (Lipinski definition) is 4. The number of carboxylic acid groups (broad SMARTS) is 1. The fourth-order valence-electron chi connectivity index (χ4n) is 1.52. The summed E-state index contributed by atoms with van der Waals surface area (Å²) < 4.78 is 10.3. The van der Waals surface area contributed by atoms with E-state index in [1.54, 1.807) is 0 Å². The first-order valence-electron chi connectivity index (χ1n) is 5.74. The van der Waals surface area contributed by atoms with Crippen LogP contribution in [0.3, 0.4) is 0 Å². The number of hydrogen-bond donors (Lipinski definition) is 2. The van der Waals surface area contributed by atoms with Crippen molar-refractivity contribution in [3.05, 3.63) is 0 Å². The van der Waals surface area contributed by atoms with Crippen LogP contribution in [0.15, 0.2) is 0 Å². The van der Waals surface area contributed by atoms with E-state index in [0.29, 0.717) is 6.61 Å². The molecule has 2 N–H and O–H groups in total. The highest BCUT2D eigenvalue weighted by Gasteiger charge is 2.43. The molecular weight excluding hydrogens is 226 g/mol. The summed E-state index contributed by atoms with van der Waals surface area (Å²) in [7, 11) is 0. The molecule has 0 saturated carbocycles. The van der Waals surface area contributed by atoms with Crippen LogP contribution >= 0.6 is 0 Å². The molecule has 0 aromatic heterocycles. The van der Waals surface area contributed by atoms with Crippen LogP contribution < -0.4 is 5.32 Å². The SMILES string of the molecule is CCC(C)OCC(=O)NC1(C(=O)O)CCOC1. The van der Waals surface area contributed by atoms with Crippen molar-refractivity contribution in [2.24, 2.45) is 0 Å². The summed E-state index contributed by atoms with van der Waals surface area (Å²) in [6.07, 6.45) is 1.08. The Morgan fingerprint density at radius 3 is 2.76 bits per heavy atom. The van der Waals surface area contributed by atoms with Crippen LogP contribution in [0.4, 0.5) is 0 Å². The van der Waals surface area contributed by atoms with E-state index in [9.17, 15) is 9.59 Å². The first-order valence-corrected chi connectivity index (χ1v) is 5.74. The Bertz CT molecular complexity index is 286. The van der Waals surface area contributed by atoms with Gasteiger partial charge in [0.2, 0.25) is 5.91 Å². The molecule has 0 spiro atoms. The Morgan fingerprint density at radius 2 is 2.29 bits per heavy atom. The molecule has 1 saturated heterocycles. The lowest BCUT2D eigenvalue weighted by molar-refractivity contribution is -0.148. The average molecular weight is 245 g/mol. The standard InChI is InChI=1S/C11H19NO5/c1-3-8(2)17-6-9(13)12-11(10(14)15)4-5-16-7-11/h8H,3-7H2,1-2H3,(H,12,13)(H,14,15). The summed E-state index contributed by atoms with van der Waals surface area (Å²) in [5, 5.41) is 11.6. The third-order valence-corrected chi connectivity index (χ3v) is 2.88. The van der Waals surface area contributed by atoms with Crippen molar-refractivity contribution >= 4 is 11.9 Å². The Balaban J connectivity index is 2.45. The Labute approximate surface area is 100 Å². The summed E-state index contributed by atoms with van der Waals surface area (Å²) in [4.78, 5) is 22.7. The zero-order valence-corrected chi connectivity index (χ0v) is 10.2. The lowest BCUT2D eigenvalue weighted by atomic mass is 9.99. The van der Waals surface area contributed by atoms with E-state index in [0.717, 1.165) is 6.42 Å². The molecule has 1 aliphatic heterocycles. The number of nitrogens with one attached hydrogen (secondary N) is 1. The first kappa shape index (κ1) is 13.9. The highest BCUT2D eigenvalue weighted by Crippen LogP contribution is 2.18. The lowest BCUT2D eigenvalue weighted by Crippen LogP contribution is -2.56. The van der Waals surface area contributed by atoms with Crippen LogP contribution in [0, 0.1) is 0 Å². The molecule has 98 valence electrons. The highest BCUT2D eigenvalue weighted by atomic mass is 16.5. The van der Waals surface area contributed by atoms with Crippen LogP contribution in [0.5, 0.6) is 0 Å². The van der Waals surface area contributed by atoms with Crippen LogP contribution in [-0.4, -0.2) is 48.4 Å². The van der Waals surface area contributed by atoms with E-state index in [1.807, 2.05) is 13.8 Å². The number of carbonyl (C=O) groups is 2. The van der Waals surface area contributed by atoms with Crippen molar-refractivity contribution in [1.29, 1.82) is 0 Å². The zero-order chi connectivity index (χ0) is 12.9. The summed E-state index contributed by atoms with van der Waals surface area (Å²) in [6, 6.07) is 0. The average Bonchev–Trinajstić information content (AvgIpc) is 2.75. The monoisotopic (exact) mass is 245 g/mol. The molecule has 17 heavy (non-hydrogen) atoms. The molecule has 1 amide bonds. The zero-order valence-electron chi connectivity index (χ0n) is 10.2. The van der Waals surface area contributed by atoms with E-state index < -0.39 is 17.4 Å². The number of carbonyl (C=O) groups excluding carboxylic acids is 1. The van der Waals surface area contributed by atoms with Gasteiger partial charge in [-0.25, -0.2) is 4.79 Å². The minimum absolute atomic E-state index is 0.0113. The first-order chi connectivity index (χ1) is 8.00. The van der Waals surface area contributed by atoms with Crippen molar-refractivity contribution in [2.75, 3.05) is 19.8 Å². The second-order valence-electron chi connectivity index (χ2n) is 4.27. The van der Waals surface area contributed by atoms with Crippen LogP contribution in [0.25, 0.3) is 0 Å². The molecule has 1 rings (SSSR count). The maximum Gasteiger partial charge on any atom is 0.331 e. The molecule has 0 bridgehead atoms. The molecule has 1 heterocycles. The van der Waals surface area contributed by atoms with Gasteiger partial charge in [-0.2, -0.15) is 0 Å². The molecule has 0 aliphatic carbocycles. The second-order valence-corrected chi connectivity index (χ2v) is 4.27. The van der Waals surface area contributed by atoms with Gasteiger partial charge >= 0.3 is 5.97 Å². The van der Waals surface area contributed by atoms with Gasteiger partial charge in [0.05, 0.1) is 12.7 Å². The highest BCUT2D eigenvalue weighted by molar-refractivity contribution is 5.87. The largest absolute Gasteiger partial charge is 0.479 e. The maximum absolute atomic E-state index is 11.6. The normalized spacial score (nSPS) is 25.5. The van der Waals surface area contributed by atoms with Gasteiger partial charge in [0.1, 0.15) is 6.61 Å². The Hall–Kier alpha value is -1.14. The van der Waals surface area contributed by atoms with Gasteiger partial charge in [0.25, 0.3) is 0 Å². The smallest absolute Gasteiger partial charge is 0.331 e. The molecule has 0 aromatic carbocycles. The van der Waals surface area contributed by atoms with Gasteiger partial charge < -0.3 is 19.9 Å². The second kappa shape index (κ2) is 5.97. The predicted molar refractivity (Wildman–Crippen MR) is 59.7 cm³/mol. The predicted octanol–water partition coefficient (Wildman–Crippen LogP) is 0.161. The number of amides is 1. The minimum atomic E-state index is -1.28. The molecule has 1 fully saturated rings. The number of carboxylic acids is 1. The van der Waals surface area contributed by atoms with Gasteiger partial charge in [-0.1, -0.05) is 6.92 Å². The van der Waals surface area contributed by atoms with Crippen molar-refractivity contribution in [1.82, 2.24) is 5.32 Å². The van der Waals surface area contributed by atoms with Crippen molar-refractivity contribution in [3.63, 3.8) is 0 Å². The van der Waals surface area contributed by atoms with E-state index in [4.69, 9.17) is 14.6 Å². The van der Waals surface area contributed by atoms with Gasteiger partial charge in [-0.05, 0) is 13.3 Å². The summed E-state index contributed by atoms with van der Waals surface area (Å²) in [5.41, 5.74) is -1.28. The Morgan fingerprint density at radius 1 is 1.59 bits per heavy atom. The third kappa shape index (κ3) is 3.67. The van der Waals surface area contributed by atoms with E-state index in [-0.39, 0.29) is 25.7 Å².